The molecule has 30 heavy (non-hydrogen) atoms. The van der Waals surface area contributed by atoms with Crippen LogP contribution in [-0.2, 0) is 6.42 Å². The van der Waals surface area contributed by atoms with Crippen LogP contribution in [-0.4, -0.2) is 20.3 Å². The van der Waals surface area contributed by atoms with Crippen LogP contribution in [0, 0.1) is 5.82 Å². The summed E-state index contributed by atoms with van der Waals surface area (Å²) in [6, 6.07) is 17.9. The molecule has 0 fully saturated rings. The number of halogens is 1. The van der Waals surface area contributed by atoms with E-state index in [1.54, 1.807) is 18.5 Å². The van der Waals surface area contributed by atoms with Crippen LogP contribution in [0.3, 0.4) is 0 Å². The van der Waals surface area contributed by atoms with Crippen LogP contribution in [0.4, 0.5) is 4.39 Å². The minimum Gasteiger partial charge on any atom is -0.356 e. The van der Waals surface area contributed by atoms with E-state index in [-0.39, 0.29) is 12.2 Å². The average Bonchev–Trinajstić information content (AvgIpc) is 3.45. The number of aromatic amines is 1. The number of pyridine rings is 1. The quantitative estimate of drug-likeness (QED) is 0.448. The Kier molecular flexibility index (Phi) is 4.57. The fourth-order valence-corrected chi connectivity index (χ4v) is 3.61. The number of hydrogen-bond acceptors (Lipinski definition) is 5. The van der Waals surface area contributed by atoms with Crippen molar-refractivity contribution >= 4 is 11.0 Å². The summed E-state index contributed by atoms with van der Waals surface area (Å²) in [6.07, 6.45) is 3.61. The Morgan fingerprint density at radius 3 is 2.73 bits per heavy atom. The summed E-state index contributed by atoms with van der Waals surface area (Å²) in [5.41, 5.74) is 11.4. The van der Waals surface area contributed by atoms with Gasteiger partial charge in [-0.3, -0.25) is 5.10 Å². The number of hydrogen-bond donors (Lipinski definition) is 2. The molecule has 2 aromatic carbocycles. The number of rotatable bonds is 5. The van der Waals surface area contributed by atoms with Crippen molar-refractivity contribution in [3.63, 3.8) is 0 Å². The Labute approximate surface area is 171 Å². The minimum absolute atomic E-state index is 0.240. The van der Waals surface area contributed by atoms with Crippen LogP contribution in [0.2, 0.25) is 0 Å². The minimum atomic E-state index is -0.474. The number of H-pyrrole nitrogens is 1. The average molecular weight is 399 g/mol. The van der Waals surface area contributed by atoms with Crippen molar-refractivity contribution in [2.24, 2.45) is 5.73 Å². The first kappa shape index (κ1) is 18.2. The van der Waals surface area contributed by atoms with Gasteiger partial charge in [0, 0.05) is 35.2 Å². The SMILES string of the molecule is N[C@@H](Cc1nc(-c2cn[nH]c2)ccc1F)c1ccccc1-c1noc2ccccc12. The summed E-state index contributed by atoms with van der Waals surface area (Å²) < 4.78 is 20.0. The van der Waals surface area contributed by atoms with Gasteiger partial charge in [0.2, 0.25) is 0 Å². The van der Waals surface area contributed by atoms with Gasteiger partial charge in [0.1, 0.15) is 11.5 Å². The maximum atomic E-state index is 14.5. The first-order valence-electron chi connectivity index (χ1n) is 9.54. The molecule has 0 saturated carbocycles. The van der Waals surface area contributed by atoms with Gasteiger partial charge in [0.25, 0.3) is 0 Å². The van der Waals surface area contributed by atoms with Crippen LogP contribution in [0.1, 0.15) is 17.3 Å². The second-order valence-electron chi connectivity index (χ2n) is 7.04. The van der Waals surface area contributed by atoms with E-state index in [9.17, 15) is 4.39 Å². The highest BCUT2D eigenvalue weighted by Crippen LogP contribution is 2.33. The summed E-state index contributed by atoms with van der Waals surface area (Å²) in [7, 11) is 0. The second-order valence-corrected chi connectivity index (χ2v) is 7.04. The summed E-state index contributed by atoms with van der Waals surface area (Å²) >= 11 is 0. The Balaban J connectivity index is 1.51. The van der Waals surface area contributed by atoms with Crippen LogP contribution in [0.5, 0.6) is 0 Å². The number of aromatic nitrogens is 4. The summed E-state index contributed by atoms with van der Waals surface area (Å²) in [5.74, 6) is -0.387. The van der Waals surface area contributed by atoms with Gasteiger partial charge >= 0.3 is 0 Å². The van der Waals surface area contributed by atoms with Crippen molar-refractivity contribution in [3.8, 4) is 22.5 Å². The van der Waals surface area contributed by atoms with E-state index in [4.69, 9.17) is 10.3 Å². The van der Waals surface area contributed by atoms with E-state index < -0.39 is 6.04 Å². The smallest absolute Gasteiger partial charge is 0.167 e. The van der Waals surface area contributed by atoms with Crippen molar-refractivity contribution in [3.05, 3.63) is 90.1 Å². The van der Waals surface area contributed by atoms with Gasteiger partial charge in [0.15, 0.2) is 5.58 Å². The van der Waals surface area contributed by atoms with Crippen molar-refractivity contribution < 1.29 is 8.91 Å². The molecule has 0 radical (unpaired) electrons. The highest BCUT2D eigenvalue weighted by molar-refractivity contribution is 5.92. The maximum Gasteiger partial charge on any atom is 0.167 e. The zero-order valence-electron chi connectivity index (χ0n) is 15.9. The normalized spacial score (nSPS) is 12.3. The monoisotopic (exact) mass is 399 g/mol. The zero-order valence-corrected chi connectivity index (χ0v) is 15.9. The van der Waals surface area contributed by atoms with Crippen molar-refractivity contribution in [2.75, 3.05) is 0 Å². The molecule has 0 aliphatic carbocycles. The van der Waals surface area contributed by atoms with Crippen LogP contribution < -0.4 is 5.73 Å². The third-order valence-corrected chi connectivity index (χ3v) is 5.12. The molecule has 3 aromatic heterocycles. The third-order valence-electron chi connectivity index (χ3n) is 5.12. The van der Waals surface area contributed by atoms with E-state index in [2.05, 4.69) is 20.3 Å². The molecule has 0 amide bonds. The fourth-order valence-electron chi connectivity index (χ4n) is 3.61. The second kappa shape index (κ2) is 7.53. The molecule has 0 unspecified atom stereocenters. The van der Waals surface area contributed by atoms with Crippen molar-refractivity contribution in [1.29, 1.82) is 0 Å². The summed E-state index contributed by atoms with van der Waals surface area (Å²) in [4.78, 5) is 4.47. The largest absolute Gasteiger partial charge is 0.356 e. The van der Waals surface area contributed by atoms with E-state index >= 15 is 0 Å². The first-order chi connectivity index (χ1) is 14.7. The summed E-state index contributed by atoms with van der Waals surface area (Å²) in [5, 5.41) is 11.8. The molecule has 6 nitrogen and oxygen atoms in total. The standard InChI is InChI=1S/C23H18FN5O/c24-18-9-10-20(14-12-26-27-13-14)28-21(18)11-19(25)15-5-1-2-6-16(15)23-17-7-3-4-8-22(17)30-29-23/h1-10,12-13,19H,11,25H2,(H,26,27)/t19-/m0/s1. The number of nitrogens with one attached hydrogen (secondary N) is 1. The Bertz CT molecular complexity index is 1310. The van der Waals surface area contributed by atoms with E-state index in [0.29, 0.717) is 17.0 Å². The molecule has 0 saturated heterocycles. The van der Waals surface area contributed by atoms with Gasteiger partial charge in [-0.05, 0) is 29.8 Å². The molecular formula is C23H18FN5O. The molecule has 5 aromatic rings. The number of benzene rings is 2. The lowest BCUT2D eigenvalue weighted by atomic mass is 9.94. The number of fused-ring (bicyclic) bond motifs is 1. The highest BCUT2D eigenvalue weighted by atomic mass is 19.1. The summed E-state index contributed by atoms with van der Waals surface area (Å²) in [6.45, 7) is 0. The first-order valence-corrected chi connectivity index (χ1v) is 9.54. The lowest BCUT2D eigenvalue weighted by Gasteiger charge is -2.16. The highest BCUT2D eigenvalue weighted by Gasteiger charge is 2.19. The number of nitrogens with zero attached hydrogens (tertiary/aromatic N) is 3. The van der Waals surface area contributed by atoms with Crippen LogP contribution in [0.15, 0.2) is 77.6 Å². The van der Waals surface area contributed by atoms with Gasteiger partial charge in [-0.15, -0.1) is 0 Å². The van der Waals surface area contributed by atoms with E-state index in [1.165, 1.54) is 6.07 Å². The van der Waals surface area contributed by atoms with E-state index in [0.717, 1.165) is 27.8 Å². The number of para-hydroxylation sites is 1. The van der Waals surface area contributed by atoms with Crippen LogP contribution in [0.25, 0.3) is 33.5 Å². The third kappa shape index (κ3) is 3.25. The van der Waals surface area contributed by atoms with Gasteiger partial charge in [0.05, 0.1) is 17.6 Å². The maximum absolute atomic E-state index is 14.5. The molecule has 1 atom stereocenters. The molecule has 0 bridgehead atoms. The zero-order chi connectivity index (χ0) is 20.5. The van der Waals surface area contributed by atoms with Gasteiger partial charge in [-0.25, -0.2) is 9.37 Å². The molecule has 0 aliphatic heterocycles. The van der Waals surface area contributed by atoms with Gasteiger partial charge in [-0.2, -0.15) is 5.10 Å². The molecule has 148 valence electrons. The van der Waals surface area contributed by atoms with Gasteiger partial charge in [-0.1, -0.05) is 41.6 Å². The van der Waals surface area contributed by atoms with E-state index in [1.807, 2.05) is 48.5 Å². The fraction of sp³-hybridized carbons (Fsp3) is 0.0870. The molecule has 7 heteroatoms. The Hall–Kier alpha value is -3.84. The molecule has 5 rings (SSSR count). The predicted octanol–water partition coefficient (Wildman–Crippen LogP) is 4.66. The Morgan fingerprint density at radius 2 is 1.87 bits per heavy atom. The number of nitrogens with two attached hydrogens (primary N) is 1. The predicted molar refractivity (Wildman–Crippen MR) is 112 cm³/mol. The molecule has 3 heterocycles. The molecule has 0 aliphatic rings. The van der Waals surface area contributed by atoms with Crippen molar-refractivity contribution in [2.45, 2.75) is 12.5 Å². The topological polar surface area (TPSA) is 93.6 Å². The van der Waals surface area contributed by atoms with Crippen LogP contribution >= 0.6 is 0 Å². The lowest BCUT2D eigenvalue weighted by Crippen LogP contribution is -2.16. The lowest BCUT2D eigenvalue weighted by molar-refractivity contribution is 0.459. The molecule has 3 N–H and O–H groups in total. The van der Waals surface area contributed by atoms with Gasteiger partial charge < -0.3 is 10.3 Å². The van der Waals surface area contributed by atoms with Crippen molar-refractivity contribution in [1.82, 2.24) is 20.3 Å². The Morgan fingerprint density at radius 1 is 1.03 bits per heavy atom. The molecular weight excluding hydrogens is 381 g/mol. The molecule has 0 spiro atoms.